The van der Waals surface area contributed by atoms with Crippen molar-refractivity contribution in [2.24, 2.45) is 5.73 Å². The first-order valence-electron chi connectivity index (χ1n) is 4.10. The van der Waals surface area contributed by atoms with E-state index in [1.165, 1.54) is 6.07 Å². The van der Waals surface area contributed by atoms with E-state index in [9.17, 15) is 5.11 Å². The molecule has 0 aromatic heterocycles. The van der Waals surface area contributed by atoms with E-state index >= 15 is 0 Å². The highest BCUT2D eigenvalue weighted by Gasteiger charge is 2.09. The number of phenols is 1. The number of anilines is 1. The normalized spacial score (nSPS) is 12.8. The number of rotatable bonds is 3. The molecule has 0 saturated heterocycles. The Hall–Kier alpha value is -1.26. The molecule has 0 aliphatic heterocycles. The third-order valence-corrected chi connectivity index (χ3v) is 1.89. The maximum Gasteiger partial charge on any atom is 0.122 e. The minimum atomic E-state index is -0.342. The fourth-order valence-corrected chi connectivity index (χ4v) is 1.17. The Morgan fingerprint density at radius 1 is 1.38 bits per heavy atom. The largest absolute Gasteiger partial charge is 0.508 e. The van der Waals surface area contributed by atoms with Crippen molar-refractivity contribution in [3.63, 3.8) is 0 Å². The summed E-state index contributed by atoms with van der Waals surface area (Å²) >= 11 is 0. The van der Waals surface area contributed by atoms with E-state index in [2.05, 4.69) is 0 Å². The van der Waals surface area contributed by atoms with Gasteiger partial charge >= 0.3 is 0 Å². The second kappa shape index (κ2) is 4.11. The van der Waals surface area contributed by atoms with Crippen LogP contribution in [0.15, 0.2) is 18.2 Å². The number of nitrogen functional groups attached to an aromatic ring is 1. The Balaban J connectivity index is 2.88. The molecule has 0 unspecified atom stereocenters. The van der Waals surface area contributed by atoms with Crippen molar-refractivity contribution in [1.82, 2.24) is 0 Å². The Kier molecular flexibility index (Phi) is 3.11. The predicted octanol–water partition coefficient (Wildman–Crippen LogP) is 0.357. The molecule has 6 N–H and O–H groups in total. The molecular weight excluding hydrogens is 168 g/mol. The summed E-state index contributed by atoms with van der Waals surface area (Å²) in [6.07, 6.45) is 0.428. The Bertz CT molecular complexity index is 289. The molecule has 0 bridgehead atoms. The minimum absolute atomic E-state index is 0.00494. The van der Waals surface area contributed by atoms with Crippen LogP contribution in [0.5, 0.6) is 5.75 Å². The quantitative estimate of drug-likeness (QED) is 0.508. The van der Waals surface area contributed by atoms with Gasteiger partial charge in [0.15, 0.2) is 0 Å². The van der Waals surface area contributed by atoms with Gasteiger partial charge in [-0.1, -0.05) is 6.07 Å². The maximum absolute atomic E-state index is 9.45. The van der Waals surface area contributed by atoms with Gasteiger partial charge in [0.05, 0.1) is 0 Å². The zero-order chi connectivity index (χ0) is 9.84. The van der Waals surface area contributed by atoms with Crippen LogP contribution in [0.25, 0.3) is 0 Å². The number of hydrogen-bond donors (Lipinski definition) is 4. The molecule has 0 spiro atoms. The number of hydrogen-bond acceptors (Lipinski definition) is 4. The van der Waals surface area contributed by atoms with Crippen LogP contribution in [0.2, 0.25) is 0 Å². The number of aliphatic hydroxyl groups excluding tert-OH is 1. The Morgan fingerprint density at radius 2 is 2.08 bits per heavy atom. The summed E-state index contributed by atoms with van der Waals surface area (Å²) in [7, 11) is 0. The van der Waals surface area contributed by atoms with Crippen LogP contribution >= 0.6 is 0 Å². The van der Waals surface area contributed by atoms with Gasteiger partial charge in [0.1, 0.15) is 5.75 Å². The van der Waals surface area contributed by atoms with Crippen molar-refractivity contribution in [2.45, 2.75) is 12.5 Å². The van der Waals surface area contributed by atoms with Gasteiger partial charge in [0.2, 0.25) is 0 Å². The zero-order valence-electron chi connectivity index (χ0n) is 7.27. The molecule has 13 heavy (non-hydrogen) atoms. The van der Waals surface area contributed by atoms with E-state index in [4.69, 9.17) is 16.6 Å². The molecule has 0 saturated carbocycles. The molecule has 4 heteroatoms. The van der Waals surface area contributed by atoms with Crippen LogP contribution in [0, 0.1) is 0 Å². The average molecular weight is 182 g/mol. The van der Waals surface area contributed by atoms with Crippen LogP contribution in [0.1, 0.15) is 18.0 Å². The van der Waals surface area contributed by atoms with Gasteiger partial charge in [-0.05, 0) is 12.5 Å². The van der Waals surface area contributed by atoms with Gasteiger partial charge in [-0.3, -0.25) is 0 Å². The van der Waals surface area contributed by atoms with E-state index in [-0.39, 0.29) is 18.4 Å². The van der Waals surface area contributed by atoms with Gasteiger partial charge in [-0.15, -0.1) is 0 Å². The Morgan fingerprint density at radius 3 is 2.62 bits per heavy atom. The third kappa shape index (κ3) is 2.34. The summed E-state index contributed by atoms with van der Waals surface area (Å²) < 4.78 is 0. The lowest BCUT2D eigenvalue weighted by Gasteiger charge is -2.12. The van der Waals surface area contributed by atoms with Gasteiger partial charge < -0.3 is 21.7 Å². The second-order valence-electron chi connectivity index (χ2n) is 2.94. The molecule has 0 amide bonds. The average Bonchev–Trinajstić information content (AvgIpc) is 2.04. The fraction of sp³-hybridized carbons (Fsp3) is 0.333. The number of benzene rings is 1. The molecule has 1 aromatic carbocycles. The van der Waals surface area contributed by atoms with E-state index in [1.54, 1.807) is 12.1 Å². The lowest BCUT2D eigenvalue weighted by Crippen LogP contribution is -2.12. The molecule has 0 heterocycles. The highest BCUT2D eigenvalue weighted by Crippen LogP contribution is 2.26. The molecule has 4 nitrogen and oxygen atoms in total. The van der Waals surface area contributed by atoms with E-state index < -0.39 is 0 Å². The van der Waals surface area contributed by atoms with Crippen LogP contribution < -0.4 is 11.5 Å². The molecule has 1 atom stereocenters. The first-order valence-corrected chi connectivity index (χ1v) is 4.10. The van der Waals surface area contributed by atoms with Crippen LogP contribution in [-0.2, 0) is 0 Å². The van der Waals surface area contributed by atoms with Crippen molar-refractivity contribution in [2.75, 3.05) is 12.3 Å². The minimum Gasteiger partial charge on any atom is -0.508 e. The number of nitrogens with two attached hydrogens (primary N) is 2. The van der Waals surface area contributed by atoms with E-state index in [1.807, 2.05) is 0 Å². The van der Waals surface area contributed by atoms with Gasteiger partial charge in [0.25, 0.3) is 0 Å². The molecular formula is C9H14N2O2. The molecule has 0 aliphatic carbocycles. The van der Waals surface area contributed by atoms with E-state index in [0.29, 0.717) is 17.7 Å². The van der Waals surface area contributed by atoms with Crippen molar-refractivity contribution in [3.05, 3.63) is 23.8 Å². The van der Waals surface area contributed by atoms with Crippen molar-refractivity contribution >= 4 is 5.69 Å². The highest BCUT2D eigenvalue weighted by molar-refractivity contribution is 5.48. The maximum atomic E-state index is 9.45. The Labute approximate surface area is 76.8 Å². The number of phenolic OH excluding ortho intramolecular Hbond substituents is 1. The first kappa shape index (κ1) is 9.83. The molecule has 1 aromatic rings. The molecule has 0 fully saturated rings. The zero-order valence-corrected chi connectivity index (χ0v) is 7.27. The highest BCUT2D eigenvalue weighted by atomic mass is 16.3. The van der Waals surface area contributed by atoms with Crippen molar-refractivity contribution in [3.8, 4) is 5.75 Å². The summed E-state index contributed by atoms with van der Waals surface area (Å²) in [5, 5.41) is 18.1. The van der Waals surface area contributed by atoms with Crippen LogP contribution in [0.4, 0.5) is 5.69 Å². The lowest BCUT2D eigenvalue weighted by atomic mass is 10.0. The van der Waals surface area contributed by atoms with Crippen LogP contribution in [-0.4, -0.2) is 16.8 Å². The van der Waals surface area contributed by atoms with Crippen LogP contribution in [0.3, 0.4) is 0 Å². The van der Waals surface area contributed by atoms with Gasteiger partial charge in [-0.25, -0.2) is 0 Å². The molecule has 0 aliphatic rings. The molecule has 0 radical (unpaired) electrons. The summed E-state index contributed by atoms with van der Waals surface area (Å²) in [5.74, 6) is 0.0842. The summed E-state index contributed by atoms with van der Waals surface area (Å²) in [6.45, 7) is 0.00494. The second-order valence-corrected chi connectivity index (χ2v) is 2.94. The SMILES string of the molecule is Nc1ccc([C@H](N)CCO)c(O)c1. The van der Waals surface area contributed by atoms with Crippen molar-refractivity contribution in [1.29, 1.82) is 0 Å². The smallest absolute Gasteiger partial charge is 0.122 e. The number of aromatic hydroxyl groups is 1. The first-order chi connectivity index (χ1) is 6.15. The monoisotopic (exact) mass is 182 g/mol. The standard InChI is InChI=1S/C9H14N2O2/c10-6-1-2-7(9(13)5-6)8(11)3-4-12/h1-2,5,8,12-13H,3-4,10-11H2/t8-/m1/s1. The van der Waals surface area contributed by atoms with Gasteiger partial charge in [-0.2, -0.15) is 0 Å². The lowest BCUT2D eigenvalue weighted by molar-refractivity contribution is 0.275. The number of aliphatic hydroxyl groups is 1. The fourth-order valence-electron chi connectivity index (χ4n) is 1.17. The third-order valence-electron chi connectivity index (χ3n) is 1.89. The predicted molar refractivity (Wildman–Crippen MR) is 51.2 cm³/mol. The summed E-state index contributed by atoms with van der Waals surface area (Å²) in [6, 6.07) is 4.45. The molecule has 1 rings (SSSR count). The summed E-state index contributed by atoms with van der Waals surface area (Å²) in [4.78, 5) is 0. The van der Waals surface area contributed by atoms with E-state index in [0.717, 1.165) is 0 Å². The van der Waals surface area contributed by atoms with Gasteiger partial charge in [0, 0.05) is 30.0 Å². The molecule has 72 valence electrons. The topological polar surface area (TPSA) is 92.5 Å². The summed E-state index contributed by atoms with van der Waals surface area (Å²) in [5.41, 5.74) is 12.3. The van der Waals surface area contributed by atoms with Crippen molar-refractivity contribution < 1.29 is 10.2 Å².